The van der Waals surface area contributed by atoms with Crippen LogP contribution in [0.4, 0.5) is 8.78 Å². The summed E-state index contributed by atoms with van der Waals surface area (Å²) >= 11 is 0. The smallest absolute Gasteiger partial charge is 0.315 e. The number of hydrogen-bond acceptors (Lipinski definition) is 3. The molecule has 1 unspecified atom stereocenters. The number of aliphatic hydroxyl groups is 1. The minimum Gasteiger partial charge on any atom is -0.392 e. The van der Waals surface area contributed by atoms with Crippen molar-refractivity contribution in [2.45, 2.75) is 19.5 Å². The maximum Gasteiger partial charge on any atom is 0.315 e. The number of halogens is 2. The van der Waals surface area contributed by atoms with E-state index in [1.165, 1.54) is 0 Å². The maximum atomic E-state index is 11.6. The van der Waals surface area contributed by atoms with Crippen molar-refractivity contribution < 1.29 is 18.7 Å². The van der Waals surface area contributed by atoms with Crippen LogP contribution >= 0.6 is 0 Å². The van der Waals surface area contributed by atoms with Crippen molar-refractivity contribution in [2.75, 3.05) is 19.6 Å². The van der Waals surface area contributed by atoms with Gasteiger partial charge in [-0.05, 0) is 6.92 Å². The first kappa shape index (κ1) is 12.2. The molecule has 0 aliphatic heterocycles. The molecule has 0 aliphatic rings. The lowest BCUT2D eigenvalue weighted by molar-refractivity contribution is -0.131. The molecule has 78 valence electrons. The van der Waals surface area contributed by atoms with Gasteiger partial charge >= 0.3 is 6.43 Å². The molecule has 6 heteroatoms. The minimum atomic E-state index is -2.96. The van der Waals surface area contributed by atoms with Crippen LogP contribution in [0.5, 0.6) is 0 Å². The fraction of sp³-hybridized carbons (Fsp3) is 0.857. The lowest BCUT2D eigenvalue weighted by atomic mass is 10.4. The molecule has 13 heavy (non-hydrogen) atoms. The van der Waals surface area contributed by atoms with Gasteiger partial charge < -0.3 is 15.7 Å². The van der Waals surface area contributed by atoms with Crippen LogP contribution in [0.1, 0.15) is 6.92 Å². The molecule has 0 aromatic rings. The van der Waals surface area contributed by atoms with Crippen LogP contribution < -0.4 is 10.6 Å². The van der Waals surface area contributed by atoms with E-state index < -0.39 is 18.4 Å². The summed E-state index contributed by atoms with van der Waals surface area (Å²) in [6, 6.07) is 0. The van der Waals surface area contributed by atoms with Crippen LogP contribution in [0.25, 0.3) is 0 Å². The van der Waals surface area contributed by atoms with E-state index in [4.69, 9.17) is 5.11 Å². The Morgan fingerprint density at radius 3 is 2.54 bits per heavy atom. The third-order valence-electron chi connectivity index (χ3n) is 1.24. The van der Waals surface area contributed by atoms with E-state index >= 15 is 0 Å². The Bertz CT molecular complexity index is 153. The summed E-state index contributed by atoms with van der Waals surface area (Å²) in [4.78, 5) is 10.3. The topological polar surface area (TPSA) is 61.4 Å². The van der Waals surface area contributed by atoms with Gasteiger partial charge in [0, 0.05) is 19.6 Å². The van der Waals surface area contributed by atoms with Crippen LogP contribution in [-0.4, -0.2) is 43.2 Å². The number of hydrogen-bond donors (Lipinski definition) is 3. The summed E-state index contributed by atoms with van der Waals surface area (Å²) in [5, 5.41) is 13.6. The standard InChI is InChI=1S/C7H14F2N2O2/c1-5(12)4-10-2-3-11-7(13)6(8)9/h5-6,10,12H,2-4H2,1H3,(H,11,13). The highest BCUT2D eigenvalue weighted by Crippen LogP contribution is 1.89. The van der Waals surface area contributed by atoms with Gasteiger partial charge in [-0.3, -0.25) is 4.79 Å². The first-order valence-electron chi connectivity index (χ1n) is 3.98. The normalized spacial score (nSPS) is 13.0. The zero-order valence-electron chi connectivity index (χ0n) is 7.39. The lowest BCUT2D eigenvalue weighted by Crippen LogP contribution is -2.37. The highest BCUT2D eigenvalue weighted by molar-refractivity contribution is 5.78. The van der Waals surface area contributed by atoms with Gasteiger partial charge in [0.15, 0.2) is 0 Å². The molecule has 0 saturated heterocycles. The zero-order chi connectivity index (χ0) is 10.3. The summed E-state index contributed by atoms with van der Waals surface area (Å²) < 4.78 is 23.2. The average Bonchev–Trinajstić information content (AvgIpc) is 2.02. The molecule has 0 heterocycles. The highest BCUT2D eigenvalue weighted by atomic mass is 19.3. The van der Waals surface area contributed by atoms with E-state index in [1.807, 2.05) is 5.32 Å². The van der Waals surface area contributed by atoms with Gasteiger partial charge in [0.2, 0.25) is 0 Å². The first-order chi connectivity index (χ1) is 6.04. The number of carbonyl (C=O) groups excluding carboxylic acids is 1. The van der Waals surface area contributed by atoms with Crippen molar-refractivity contribution in [1.29, 1.82) is 0 Å². The van der Waals surface area contributed by atoms with Gasteiger partial charge in [0.1, 0.15) is 0 Å². The summed E-state index contributed by atoms with van der Waals surface area (Å²) in [7, 11) is 0. The van der Waals surface area contributed by atoms with Gasteiger partial charge in [-0.25, -0.2) is 0 Å². The van der Waals surface area contributed by atoms with Gasteiger partial charge in [-0.2, -0.15) is 8.78 Å². The van der Waals surface area contributed by atoms with Crippen molar-refractivity contribution in [3.8, 4) is 0 Å². The SMILES string of the molecule is CC(O)CNCCNC(=O)C(F)F. The monoisotopic (exact) mass is 196 g/mol. The molecule has 1 amide bonds. The van der Waals surface area contributed by atoms with Crippen LogP contribution in [0.15, 0.2) is 0 Å². The number of rotatable bonds is 6. The Hall–Kier alpha value is -0.750. The molecule has 4 nitrogen and oxygen atoms in total. The number of carbonyl (C=O) groups is 1. The second-order valence-electron chi connectivity index (χ2n) is 2.64. The van der Waals surface area contributed by atoms with E-state index in [9.17, 15) is 13.6 Å². The quantitative estimate of drug-likeness (QED) is 0.494. The molecule has 0 spiro atoms. The predicted octanol–water partition coefficient (Wildman–Crippen LogP) is -0.662. The van der Waals surface area contributed by atoms with E-state index in [0.29, 0.717) is 13.1 Å². The maximum absolute atomic E-state index is 11.6. The summed E-state index contributed by atoms with van der Waals surface area (Å²) in [6.07, 6.45) is -3.44. The number of nitrogens with one attached hydrogen (secondary N) is 2. The fourth-order valence-corrected chi connectivity index (χ4v) is 0.662. The Morgan fingerprint density at radius 2 is 2.08 bits per heavy atom. The second kappa shape index (κ2) is 6.73. The average molecular weight is 196 g/mol. The van der Waals surface area contributed by atoms with Gasteiger partial charge in [-0.1, -0.05) is 0 Å². The van der Waals surface area contributed by atoms with Gasteiger partial charge in [0.05, 0.1) is 6.10 Å². The molecular formula is C7H14F2N2O2. The molecule has 0 aromatic carbocycles. The van der Waals surface area contributed by atoms with Crippen molar-refractivity contribution in [1.82, 2.24) is 10.6 Å². The number of alkyl halides is 2. The van der Waals surface area contributed by atoms with Gasteiger partial charge in [0.25, 0.3) is 5.91 Å². The lowest BCUT2D eigenvalue weighted by Gasteiger charge is -2.07. The van der Waals surface area contributed by atoms with E-state index in [0.717, 1.165) is 0 Å². The van der Waals surface area contributed by atoms with Crippen LogP contribution in [-0.2, 0) is 4.79 Å². The predicted molar refractivity (Wildman–Crippen MR) is 43.6 cm³/mol. The molecular weight excluding hydrogens is 182 g/mol. The third-order valence-corrected chi connectivity index (χ3v) is 1.24. The van der Waals surface area contributed by atoms with E-state index in [1.54, 1.807) is 6.92 Å². The minimum absolute atomic E-state index is 0.135. The molecule has 0 aliphatic carbocycles. The summed E-state index contributed by atoms with van der Waals surface area (Å²) in [5.74, 6) is -1.26. The molecule has 0 rings (SSSR count). The number of aliphatic hydroxyl groups excluding tert-OH is 1. The molecule has 1 atom stereocenters. The Morgan fingerprint density at radius 1 is 1.46 bits per heavy atom. The Kier molecular flexibility index (Phi) is 6.34. The number of amides is 1. The first-order valence-corrected chi connectivity index (χ1v) is 3.98. The molecule has 0 bridgehead atoms. The Labute approximate surface area is 75.3 Å². The molecule has 3 N–H and O–H groups in total. The molecule has 0 saturated carbocycles. The highest BCUT2D eigenvalue weighted by Gasteiger charge is 2.13. The fourth-order valence-electron chi connectivity index (χ4n) is 0.662. The second-order valence-corrected chi connectivity index (χ2v) is 2.64. The molecule has 0 aromatic heterocycles. The van der Waals surface area contributed by atoms with Gasteiger partial charge in [-0.15, -0.1) is 0 Å². The largest absolute Gasteiger partial charge is 0.392 e. The van der Waals surface area contributed by atoms with Crippen molar-refractivity contribution >= 4 is 5.91 Å². The van der Waals surface area contributed by atoms with E-state index in [-0.39, 0.29) is 6.54 Å². The summed E-state index contributed by atoms with van der Waals surface area (Å²) in [6.45, 7) is 2.48. The van der Waals surface area contributed by atoms with Crippen LogP contribution in [0.3, 0.4) is 0 Å². The van der Waals surface area contributed by atoms with Crippen LogP contribution in [0.2, 0.25) is 0 Å². The van der Waals surface area contributed by atoms with E-state index in [2.05, 4.69) is 5.32 Å². The molecule has 0 radical (unpaired) electrons. The molecule has 0 fully saturated rings. The van der Waals surface area contributed by atoms with Crippen molar-refractivity contribution in [3.05, 3.63) is 0 Å². The zero-order valence-corrected chi connectivity index (χ0v) is 7.39. The Balaban J connectivity index is 3.21. The van der Waals surface area contributed by atoms with Crippen LogP contribution in [0, 0.1) is 0 Å². The third kappa shape index (κ3) is 7.61. The van der Waals surface area contributed by atoms with Crippen molar-refractivity contribution in [3.63, 3.8) is 0 Å². The van der Waals surface area contributed by atoms with Crippen molar-refractivity contribution in [2.24, 2.45) is 0 Å². The summed E-state index contributed by atoms with van der Waals surface area (Å²) in [5.41, 5.74) is 0.